The van der Waals surface area contributed by atoms with Crippen LogP contribution in [0.15, 0.2) is 6.07 Å². The van der Waals surface area contributed by atoms with Gasteiger partial charge in [0.25, 0.3) is 0 Å². The summed E-state index contributed by atoms with van der Waals surface area (Å²) in [6, 6.07) is 0.810. The fraction of sp³-hybridized carbons (Fsp3) is 0.545. The van der Waals surface area contributed by atoms with Gasteiger partial charge in [0.05, 0.1) is 0 Å². The number of hydrogen-bond donors (Lipinski definition) is 3. The number of aromatic nitrogens is 2. The Bertz CT molecular complexity index is 464. The number of nitrogens with zero attached hydrogens (tertiary/aromatic N) is 2. The molecule has 9 heteroatoms. The molecule has 0 aromatic carbocycles. The first kappa shape index (κ1) is 16.0. The van der Waals surface area contributed by atoms with Crippen molar-refractivity contribution in [3.63, 3.8) is 0 Å². The second-order valence-corrected chi connectivity index (χ2v) is 3.84. The Hall–Kier alpha value is -2.06. The van der Waals surface area contributed by atoms with Crippen LogP contribution in [-0.4, -0.2) is 36.0 Å². The normalized spacial score (nSPS) is 11.1. The Morgan fingerprint density at radius 3 is 2.55 bits per heavy atom. The molecule has 1 aromatic heterocycles. The Morgan fingerprint density at radius 1 is 1.30 bits per heavy atom. The molecular formula is C11H16F3N5O. The van der Waals surface area contributed by atoms with Gasteiger partial charge in [0.15, 0.2) is 5.69 Å². The molecule has 1 heterocycles. The van der Waals surface area contributed by atoms with E-state index in [1.54, 1.807) is 6.92 Å². The molecule has 1 amide bonds. The van der Waals surface area contributed by atoms with Gasteiger partial charge >= 0.3 is 6.18 Å². The molecular weight excluding hydrogens is 275 g/mol. The summed E-state index contributed by atoms with van der Waals surface area (Å²) < 4.78 is 38.0. The van der Waals surface area contributed by atoms with Crippen LogP contribution < -0.4 is 16.0 Å². The van der Waals surface area contributed by atoms with Crippen molar-refractivity contribution in [3.05, 3.63) is 11.8 Å². The molecule has 1 rings (SSSR count). The van der Waals surface area contributed by atoms with Crippen molar-refractivity contribution in [2.24, 2.45) is 0 Å². The van der Waals surface area contributed by atoms with Gasteiger partial charge in [-0.3, -0.25) is 4.79 Å². The summed E-state index contributed by atoms with van der Waals surface area (Å²) in [4.78, 5) is 18.3. The number of hydrogen-bond acceptors (Lipinski definition) is 5. The zero-order chi connectivity index (χ0) is 15.2. The predicted octanol–water partition coefficient (Wildman–Crippen LogP) is 1.48. The van der Waals surface area contributed by atoms with Gasteiger partial charge in [-0.25, -0.2) is 4.98 Å². The molecule has 0 spiro atoms. The largest absolute Gasteiger partial charge is 0.433 e. The van der Waals surface area contributed by atoms with Crippen LogP contribution in [0.2, 0.25) is 0 Å². The third-order valence-electron chi connectivity index (χ3n) is 2.29. The molecule has 1 aromatic rings. The average Bonchev–Trinajstić information content (AvgIpc) is 2.37. The molecule has 0 bridgehead atoms. The first-order valence-corrected chi connectivity index (χ1v) is 6.01. The first-order valence-electron chi connectivity index (χ1n) is 6.01. The average molecular weight is 291 g/mol. The third-order valence-corrected chi connectivity index (χ3v) is 2.29. The summed E-state index contributed by atoms with van der Waals surface area (Å²) in [7, 11) is 1.48. The van der Waals surface area contributed by atoms with Crippen molar-refractivity contribution in [3.8, 4) is 0 Å². The highest BCUT2D eigenvalue weighted by molar-refractivity contribution is 5.76. The number of alkyl halides is 3. The molecule has 112 valence electrons. The van der Waals surface area contributed by atoms with Crippen LogP contribution in [0.3, 0.4) is 0 Å². The van der Waals surface area contributed by atoms with Crippen molar-refractivity contribution in [2.75, 3.05) is 30.8 Å². The van der Waals surface area contributed by atoms with Crippen molar-refractivity contribution in [1.29, 1.82) is 0 Å². The van der Waals surface area contributed by atoms with Gasteiger partial charge in [-0.1, -0.05) is 0 Å². The number of halogens is 3. The van der Waals surface area contributed by atoms with Crippen LogP contribution in [0.5, 0.6) is 0 Å². The Labute approximate surface area is 114 Å². The van der Waals surface area contributed by atoms with E-state index in [-0.39, 0.29) is 30.6 Å². The van der Waals surface area contributed by atoms with Gasteiger partial charge in [-0.15, -0.1) is 0 Å². The van der Waals surface area contributed by atoms with Gasteiger partial charge in [-0.05, 0) is 6.92 Å². The quantitative estimate of drug-likeness (QED) is 0.740. The summed E-state index contributed by atoms with van der Waals surface area (Å²) in [6.07, 6.45) is -4.41. The minimum absolute atomic E-state index is 0.0205. The summed E-state index contributed by atoms with van der Waals surface area (Å²) in [5.74, 6) is -0.300. The van der Waals surface area contributed by atoms with Crippen LogP contribution >= 0.6 is 0 Å². The maximum Gasteiger partial charge on any atom is 0.433 e. The number of carbonyl (C=O) groups is 1. The molecule has 6 nitrogen and oxygen atoms in total. The number of carbonyl (C=O) groups excluding carboxylic acids is 1. The third kappa shape index (κ3) is 4.90. The van der Waals surface area contributed by atoms with E-state index in [4.69, 9.17) is 0 Å². The monoisotopic (exact) mass is 291 g/mol. The molecule has 0 radical (unpaired) electrons. The van der Waals surface area contributed by atoms with Crippen LogP contribution in [0, 0.1) is 0 Å². The number of nitrogens with one attached hydrogen (secondary N) is 3. The molecule has 0 unspecified atom stereocenters. The van der Waals surface area contributed by atoms with Gasteiger partial charge in [0, 0.05) is 32.6 Å². The molecule has 0 atom stereocenters. The molecule has 0 aliphatic heterocycles. The summed E-state index contributed by atoms with van der Waals surface area (Å²) in [5, 5.41) is 7.71. The maximum absolute atomic E-state index is 12.7. The topological polar surface area (TPSA) is 78.9 Å². The molecule has 3 N–H and O–H groups in total. The molecule has 0 saturated heterocycles. The van der Waals surface area contributed by atoms with Crippen LogP contribution in [0.1, 0.15) is 19.0 Å². The lowest BCUT2D eigenvalue weighted by Gasteiger charge is -2.12. The summed E-state index contributed by atoms with van der Waals surface area (Å²) >= 11 is 0. The lowest BCUT2D eigenvalue weighted by atomic mass is 10.3. The molecule has 20 heavy (non-hydrogen) atoms. The number of amides is 1. The summed E-state index contributed by atoms with van der Waals surface area (Å²) in [5.41, 5.74) is -1.04. The SMILES string of the molecule is CCNc1nc(NCCC(=O)NC)cc(C(F)(F)F)n1. The van der Waals surface area contributed by atoms with Crippen molar-refractivity contribution in [2.45, 2.75) is 19.5 Å². The number of rotatable bonds is 6. The van der Waals surface area contributed by atoms with Crippen molar-refractivity contribution >= 4 is 17.7 Å². The van der Waals surface area contributed by atoms with E-state index in [9.17, 15) is 18.0 Å². The van der Waals surface area contributed by atoms with E-state index < -0.39 is 11.9 Å². The van der Waals surface area contributed by atoms with Crippen LogP contribution in [0.4, 0.5) is 24.9 Å². The highest BCUT2D eigenvalue weighted by atomic mass is 19.4. The van der Waals surface area contributed by atoms with Crippen molar-refractivity contribution < 1.29 is 18.0 Å². The zero-order valence-corrected chi connectivity index (χ0v) is 11.1. The minimum Gasteiger partial charge on any atom is -0.369 e. The lowest BCUT2D eigenvalue weighted by molar-refractivity contribution is -0.141. The van der Waals surface area contributed by atoms with E-state index in [0.717, 1.165) is 6.07 Å². The van der Waals surface area contributed by atoms with Crippen LogP contribution in [-0.2, 0) is 11.0 Å². The molecule has 0 aliphatic carbocycles. The second kappa shape index (κ2) is 6.92. The highest BCUT2D eigenvalue weighted by Crippen LogP contribution is 2.29. The Balaban J connectivity index is 2.83. The Kier molecular flexibility index (Phi) is 5.53. The van der Waals surface area contributed by atoms with E-state index in [0.29, 0.717) is 6.54 Å². The smallest absolute Gasteiger partial charge is 0.369 e. The van der Waals surface area contributed by atoms with Gasteiger partial charge in [-0.2, -0.15) is 18.2 Å². The molecule has 0 aliphatic rings. The highest BCUT2D eigenvalue weighted by Gasteiger charge is 2.33. The fourth-order valence-corrected chi connectivity index (χ4v) is 1.35. The van der Waals surface area contributed by atoms with Crippen LogP contribution in [0.25, 0.3) is 0 Å². The predicted molar refractivity (Wildman–Crippen MR) is 68.4 cm³/mol. The standard InChI is InChI=1S/C11H16F3N5O/c1-3-16-10-18-7(11(12,13)14)6-8(19-10)17-5-4-9(20)15-2/h6H,3-5H2,1-2H3,(H,15,20)(H2,16,17,18,19). The van der Waals surface area contributed by atoms with Crippen molar-refractivity contribution in [1.82, 2.24) is 15.3 Å². The first-order chi connectivity index (χ1) is 9.36. The zero-order valence-electron chi connectivity index (χ0n) is 11.1. The van der Waals surface area contributed by atoms with E-state index in [2.05, 4.69) is 25.9 Å². The van der Waals surface area contributed by atoms with Gasteiger partial charge < -0.3 is 16.0 Å². The summed E-state index contributed by atoms with van der Waals surface area (Å²) in [6.45, 7) is 2.31. The maximum atomic E-state index is 12.7. The van der Waals surface area contributed by atoms with Gasteiger partial charge in [0.2, 0.25) is 11.9 Å². The fourth-order valence-electron chi connectivity index (χ4n) is 1.35. The molecule has 0 fully saturated rings. The number of anilines is 2. The van der Waals surface area contributed by atoms with Gasteiger partial charge in [0.1, 0.15) is 5.82 Å². The lowest BCUT2D eigenvalue weighted by Crippen LogP contribution is -2.21. The van der Waals surface area contributed by atoms with E-state index in [1.807, 2.05) is 0 Å². The minimum atomic E-state index is -4.55. The van der Waals surface area contributed by atoms with E-state index in [1.165, 1.54) is 7.05 Å². The molecule has 0 saturated carbocycles. The van der Waals surface area contributed by atoms with E-state index >= 15 is 0 Å². The Morgan fingerprint density at radius 2 is 2.00 bits per heavy atom. The second-order valence-electron chi connectivity index (χ2n) is 3.84.